The molecule has 3 heterocycles. The van der Waals surface area contributed by atoms with E-state index in [0.717, 1.165) is 32.9 Å². The van der Waals surface area contributed by atoms with E-state index in [4.69, 9.17) is 11.5 Å². The van der Waals surface area contributed by atoms with E-state index in [2.05, 4.69) is 15.1 Å². The van der Waals surface area contributed by atoms with Crippen LogP contribution in [0.3, 0.4) is 0 Å². The third kappa shape index (κ3) is 2.61. The van der Waals surface area contributed by atoms with E-state index in [-0.39, 0.29) is 5.91 Å². The number of carbonyl (C=O) groups excluding carboxylic acids is 1. The van der Waals surface area contributed by atoms with Gasteiger partial charge in [0.15, 0.2) is 0 Å². The van der Waals surface area contributed by atoms with Gasteiger partial charge in [0.25, 0.3) is 0 Å². The molecule has 0 spiro atoms. The third-order valence-corrected chi connectivity index (χ3v) is 4.77. The van der Waals surface area contributed by atoms with Crippen LogP contribution in [0, 0.1) is 5.41 Å². The van der Waals surface area contributed by atoms with Crippen molar-refractivity contribution in [1.82, 2.24) is 14.8 Å². The van der Waals surface area contributed by atoms with E-state index in [1.54, 1.807) is 18.5 Å². The highest BCUT2D eigenvalue weighted by molar-refractivity contribution is 6.08. The van der Waals surface area contributed by atoms with E-state index < -0.39 is 5.41 Å². The Morgan fingerprint density at radius 3 is 2.81 bits per heavy atom. The van der Waals surface area contributed by atoms with Crippen molar-refractivity contribution in [2.75, 3.05) is 12.3 Å². The molecule has 7 heteroatoms. The Labute approximate surface area is 150 Å². The molecule has 0 unspecified atom stereocenters. The molecule has 0 saturated carbocycles. The molecule has 0 saturated heterocycles. The summed E-state index contributed by atoms with van der Waals surface area (Å²) >= 11 is 0. The molecule has 0 atom stereocenters. The number of aromatic nitrogens is 3. The zero-order valence-corrected chi connectivity index (χ0v) is 14.7. The van der Waals surface area contributed by atoms with Crippen molar-refractivity contribution in [2.24, 2.45) is 16.1 Å². The Morgan fingerprint density at radius 2 is 2.12 bits per heavy atom. The van der Waals surface area contributed by atoms with Gasteiger partial charge >= 0.3 is 0 Å². The molecule has 0 bridgehead atoms. The summed E-state index contributed by atoms with van der Waals surface area (Å²) < 4.78 is 1.72. The number of primary amides is 1. The summed E-state index contributed by atoms with van der Waals surface area (Å²) in [6.07, 6.45) is 5.64. The summed E-state index contributed by atoms with van der Waals surface area (Å²) in [6.45, 7) is 4.65. The number of nitrogens with two attached hydrogens (primary N) is 2. The third-order valence-electron chi connectivity index (χ3n) is 4.77. The first kappa shape index (κ1) is 16.3. The quantitative estimate of drug-likeness (QED) is 0.752. The number of anilines is 1. The fourth-order valence-corrected chi connectivity index (χ4v) is 3.12. The monoisotopic (exact) mass is 348 g/mol. The van der Waals surface area contributed by atoms with Gasteiger partial charge in [-0.15, -0.1) is 0 Å². The molecule has 1 amide bonds. The smallest absolute Gasteiger partial charge is 0.224 e. The van der Waals surface area contributed by atoms with Gasteiger partial charge in [0.2, 0.25) is 5.91 Å². The van der Waals surface area contributed by atoms with Gasteiger partial charge in [0.1, 0.15) is 11.3 Å². The maximum atomic E-state index is 11.6. The minimum Gasteiger partial charge on any atom is -0.383 e. The molecule has 4 rings (SSSR count). The SMILES string of the molecule is CC(C)(Cn1cc2c(N)nc3cc(C4=CC=NC4)ccc3c2n1)C(N)=O. The number of carbonyl (C=O) groups is 1. The van der Waals surface area contributed by atoms with Crippen molar-refractivity contribution in [3.63, 3.8) is 0 Å². The maximum absolute atomic E-state index is 11.6. The van der Waals surface area contributed by atoms with Crippen molar-refractivity contribution in [3.05, 3.63) is 36.0 Å². The Kier molecular flexibility index (Phi) is 3.54. The molecule has 4 N–H and O–H groups in total. The van der Waals surface area contributed by atoms with Crippen LogP contribution < -0.4 is 11.5 Å². The minimum atomic E-state index is -0.706. The normalized spacial score (nSPS) is 14.3. The van der Waals surface area contributed by atoms with Gasteiger partial charge < -0.3 is 11.5 Å². The van der Waals surface area contributed by atoms with E-state index in [1.807, 2.05) is 36.7 Å². The van der Waals surface area contributed by atoms with Gasteiger partial charge in [-0.1, -0.05) is 6.07 Å². The first-order valence-electron chi connectivity index (χ1n) is 8.41. The molecule has 1 aliphatic heterocycles. The Bertz CT molecular complexity index is 1110. The molecule has 2 aromatic heterocycles. The number of hydrogen-bond donors (Lipinski definition) is 2. The largest absolute Gasteiger partial charge is 0.383 e. The predicted molar refractivity (Wildman–Crippen MR) is 104 cm³/mol. The number of amides is 1. The first-order chi connectivity index (χ1) is 12.3. The number of allylic oxidation sites excluding steroid dienone is 1. The average molecular weight is 348 g/mol. The van der Waals surface area contributed by atoms with Crippen LogP contribution >= 0.6 is 0 Å². The lowest BCUT2D eigenvalue weighted by Gasteiger charge is -2.19. The molecule has 26 heavy (non-hydrogen) atoms. The molecule has 1 aliphatic rings. The lowest BCUT2D eigenvalue weighted by Crippen LogP contribution is -2.35. The minimum absolute atomic E-state index is 0.371. The number of fused-ring (bicyclic) bond motifs is 3. The Hall–Kier alpha value is -3.22. The lowest BCUT2D eigenvalue weighted by atomic mass is 9.93. The van der Waals surface area contributed by atoms with E-state index in [9.17, 15) is 4.79 Å². The summed E-state index contributed by atoms with van der Waals surface area (Å²) in [7, 11) is 0. The van der Waals surface area contributed by atoms with Crippen molar-refractivity contribution in [1.29, 1.82) is 0 Å². The van der Waals surface area contributed by atoms with Crippen LogP contribution in [-0.2, 0) is 11.3 Å². The molecule has 0 fully saturated rings. The zero-order valence-electron chi connectivity index (χ0n) is 14.7. The summed E-state index contributed by atoms with van der Waals surface area (Å²) in [6, 6.07) is 6.07. The second-order valence-corrected chi connectivity index (χ2v) is 7.25. The number of nitrogens with zero attached hydrogens (tertiary/aromatic N) is 4. The number of pyridine rings is 1. The summed E-state index contributed by atoms with van der Waals surface area (Å²) in [4.78, 5) is 20.4. The number of aliphatic imine (C=N–C) groups is 1. The second-order valence-electron chi connectivity index (χ2n) is 7.25. The molecule has 7 nitrogen and oxygen atoms in total. The topological polar surface area (TPSA) is 112 Å². The molecular formula is C19H20N6O. The number of nitrogen functional groups attached to an aromatic ring is 1. The number of hydrogen-bond acceptors (Lipinski definition) is 5. The van der Waals surface area contributed by atoms with Crippen molar-refractivity contribution < 1.29 is 4.79 Å². The van der Waals surface area contributed by atoms with Crippen molar-refractivity contribution in [3.8, 4) is 0 Å². The Balaban J connectivity index is 1.83. The fraction of sp³-hybridized carbons (Fsp3) is 0.263. The summed E-state index contributed by atoms with van der Waals surface area (Å²) in [5.74, 6) is 0.0501. The highest BCUT2D eigenvalue weighted by atomic mass is 16.1. The van der Waals surface area contributed by atoms with E-state index in [1.165, 1.54) is 0 Å². The van der Waals surface area contributed by atoms with Gasteiger partial charge in [-0.2, -0.15) is 5.10 Å². The highest BCUT2D eigenvalue weighted by Crippen LogP contribution is 2.30. The molecule has 132 valence electrons. The van der Waals surface area contributed by atoms with Crippen LogP contribution in [0.15, 0.2) is 35.5 Å². The predicted octanol–water partition coefficient (Wildman–Crippen LogP) is 2.15. The van der Waals surface area contributed by atoms with Crippen LogP contribution in [0.25, 0.3) is 27.4 Å². The fourth-order valence-electron chi connectivity index (χ4n) is 3.12. The van der Waals surface area contributed by atoms with Gasteiger partial charge in [-0.05, 0) is 43.2 Å². The molecule has 0 aliphatic carbocycles. The van der Waals surface area contributed by atoms with Crippen LogP contribution in [-0.4, -0.2) is 33.4 Å². The van der Waals surface area contributed by atoms with Gasteiger partial charge in [-0.3, -0.25) is 14.5 Å². The molecule has 0 radical (unpaired) electrons. The molecule has 1 aromatic carbocycles. The number of rotatable bonds is 4. The van der Waals surface area contributed by atoms with Crippen molar-refractivity contribution >= 4 is 45.3 Å². The number of benzene rings is 1. The van der Waals surface area contributed by atoms with Crippen LogP contribution in [0.4, 0.5) is 5.82 Å². The van der Waals surface area contributed by atoms with Crippen molar-refractivity contribution in [2.45, 2.75) is 20.4 Å². The maximum Gasteiger partial charge on any atom is 0.224 e. The average Bonchev–Trinajstić information content (AvgIpc) is 3.23. The highest BCUT2D eigenvalue weighted by Gasteiger charge is 2.26. The first-order valence-corrected chi connectivity index (χ1v) is 8.41. The summed E-state index contributed by atoms with van der Waals surface area (Å²) in [5.41, 5.74) is 14.7. The molecule has 3 aromatic rings. The van der Waals surface area contributed by atoms with E-state index in [0.29, 0.717) is 18.9 Å². The van der Waals surface area contributed by atoms with Crippen LogP contribution in [0.2, 0.25) is 0 Å². The molecular weight excluding hydrogens is 328 g/mol. The standard InChI is InChI=1S/C19H20N6O/c1-19(2,18(21)26)10-25-9-14-16(24-25)13-4-3-11(12-5-6-22-8-12)7-15(13)23-17(14)20/h3-7,9H,8,10H2,1-2H3,(H2,20,23)(H2,21,26). The van der Waals surface area contributed by atoms with Gasteiger partial charge in [0, 0.05) is 17.8 Å². The van der Waals surface area contributed by atoms with Crippen LogP contribution in [0.5, 0.6) is 0 Å². The van der Waals surface area contributed by atoms with E-state index >= 15 is 0 Å². The lowest BCUT2D eigenvalue weighted by molar-refractivity contribution is -0.126. The Morgan fingerprint density at radius 1 is 1.31 bits per heavy atom. The van der Waals surface area contributed by atoms with Crippen LogP contribution in [0.1, 0.15) is 19.4 Å². The van der Waals surface area contributed by atoms with Gasteiger partial charge in [-0.25, -0.2) is 4.98 Å². The zero-order chi connectivity index (χ0) is 18.5. The van der Waals surface area contributed by atoms with Gasteiger partial charge in [0.05, 0.1) is 29.4 Å². The summed E-state index contributed by atoms with van der Waals surface area (Å²) in [5, 5.41) is 6.34. The second kappa shape index (κ2) is 5.66.